The van der Waals surface area contributed by atoms with Crippen molar-refractivity contribution >= 4 is 49.5 Å². The molecular weight excluding hydrogens is 520 g/mol. The first-order valence-electron chi connectivity index (χ1n) is 11.4. The third kappa shape index (κ3) is 3.55. The van der Waals surface area contributed by atoms with Crippen LogP contribution in [0, 0.1) is 12.3 Å². The van der Waals surface area contributed by atoms with E-state index in [1.165, 1.54) is 0 Å². The van der Waals surface area contributed by atoms with Gasteiger partial charge in [-0.2, -0.15) is 0 Å². The third-order valence-corrected chi connectivity index (χ3v) is 8.64. The molecule has 34 heavy (non-hydrogen) atoms. The summed E-state index contributed by atoms with van der Waals surface area (Å²) >= 11 is 9.60. The van der Waals surface area contributed by atoms with Crippen LogP contribution in [-0.2, 0) is 11.2 Å². The molecule has 1 saturated heterocycles. The minimum Gasteiger partial charge on any atom is -0.390 e. The standard InChI is InChI=1S/C25H24BrClN4O3/c1-13-17-4-5-31(24(17)29-12-28-13)20-10-25(22(33)21(20)32)9-16(34-11-25)6-14-2-3-15-8-18(26)23(27)30-19(15)7-14/h2-5,7-8,12,16,20-22,32-33H,6,9-11H2,1H3/t16-,20+,21-,22-,25-/m0/s1. The van der Waals surface area contributed by atoms with Crippen LogP contribution >= 0.6 is 27.5 Å². The Morgan fingerprint density at radius 1 is 1.21 bits per heavy atom. The van der Waals surface area contributed by atoms with Gasteiger partial charge in [-0.1, -0.05) is 23.7 Å². The monoisotopic (exact) mass is 542 g/mol. The molecule has 5 atom stereocenters. The van der Waals surface area contributed by atoms with Gasteiger partial charge in [0.1, 0.15) is 23.2 Å². The van der Waals surface area contributed by atoms with Gasteiger partial charge in [-0.05, 0) is 65.9 Å². The van der Waals surface area contributed by atoms with Gasteiger partial charge in [0.25, 0.3) is 0 Å². The summed E-state index contributed by atoms with van der Waals surface area (Å²) in [7, 11) is 0. The van der Waals surface area contributed by atoms with Crippen LogP contribution in [0.2, 0.25) is 5.15 Å². The third-order valence-electron chi connectivity index (χ3n) is 7.52. The average Bonchev–Trinajstić information content (AvgIpc) is 3.49. The van der Waals surface area contributed by atoms with Crippen LogP contribution in [0.4, 0.5) is 0 Å². The number of hydrogen-bond donors (Lipinski definition) is 2. The van der Waals surface area contributed by atoms with Crippen LogP contribution in [0.15, 0.2) is 47.3 Å². The molecule has 4 heterocycles. The minimum atomic E-state index is -0.890. The zero-order valence-electron chi connectivity index (χ0n) is 18.5. The molecule has 0 amide bonds. The van der Waals surface area contributed by atoms with E-state index in [1.807, 2.05) is 42.0 Å². The molecule has 0 bridgehead atoms. The highest BCUT2D eigenvalue weighted by Gasteiger charge is 2.57. The summed E-state index contributed by atoms with van der Waals surface area (Å²) in [6.45, 7) is 2.37. The molecule has 1 saturated carbocycles. The normalized spacial score (nSPS) is 29.1. The molecule has 176 valence electrons. The van der Waals surface area contributed by atoms with Gasteiger partial charge in [-0.25, -0.2) is 15.0 Å². The van der Waals surface area contributed by atoms with Crippen molar-refractivity contribution < 1.29 is 14.9 Å². The molecular formula is C25H24BrClN4O3. The molecule has 7 nitrogen and oxygen atoms in total. The first kappa shape index (κ1) is 22.4. The van der Waals surface area contributed by atoms with Gasteiger partial charge in [-0.15, -0.1) is 0 Å². The summed E-state index contributed by atoms with van der Waals surface area (Å²) in [5.74, 6) is 0. The number of rotatable bonds is 3. The first-order chi connectivity index (χ1) is 16.3. The second-order valence-corrected chi connectivity index (χ2v) is 10.8. The zero-order chi connectivity index (χ0) is 23.6. The first-order valence-corrected chi connectivity index (χ1v) is 12.5. The number of pyridine rings is 1. The van der Waals surface area contributed by atoms with Gasteiger partial charge in [0, 0.05) is 22.4 Å². The molecule has 9 heteroatoms. The number of fused-ring (bicyclic) bond motifs is 2. The Kier molecular flexibility index (Phi) is 5.42. The van der Waals surface area contributed by atoms with E-state index in [1.54, 1.807) is 6.33 Å². The van der Waals surface area contributed by atoms with E-state index in [-0.39, 0.29) is 12.1 Å². The highest BCUT2D eigenvalue weighted by Crippen LogP contribution is 2.52. The maximum atomic E-state index is 11.1. The van der Waals surface area contributed by atoms with Crippen molar-refractivity contribution in [2.24, 2.45) is 5.41 Å². The van der Waals surface area contributed by atoms with Crippen LogP contribution in [0.3, 0.4) is 0 Å². The summed E-state index contributed by atoms with van der Waals surface area (Å²) < 4.78 is 8.94. The summed E-state index contributed by atoms with van der Waals surface area (Å²) in [5.41, 5.74) is 3.14. The van der Waals surface area contributed by atoms with Crippen molar-refractivity contribution in [1.82, 2.24) is 19.5 Å². The van der Waals surface area contributed by atoms with Gasteiger partial charge >= 0.3 is 0 Å². The van der Waals surface area contributed by atoms with Gasteiger partial charge in [-0.3, -0.25) is 0 Å². The molecule has 1 aliphatic heterocycles. The van der Waals surface area contributed by atoms with Crippen molar-refractivity contribution in [2.45, 2.75) is 50.5 Å². The number of ether oxygens (including phenoxy) is 1. The maximum Gasteiger partial charge on any atom is 0.143 e. The summed E-state index contributed by atoms with van der Waals surface area (Å²) in [6.07, 6.45) is 3.69. The van der Waals surface area contributed by atoms with Crippen molar-refractivity contribution in [3.63, 3.8) is 0 Å². The number of aryl methyl sites for hydroxylation is 1. The Labute approximate surface area is 209 Å². The lowest BCUT2D eigenvalue weighted by molar-refractivity contribution is -0.0308. The second-order valence-electron chi connectivity index (χ2n) is 9.62. The molecule has 1 aliphatic carbocycles. The molecule has 3 aromatic heterocycles. The number of halogens is 2. The Balaban J connectivity index is 1.23. The van der Waals surface area contributed by atoms with Gasteiger partial charge in [0.2, 0.25) is 0 Å². The number of aliphatic hydroxyl groups is 2. The zero-order valence-corrected chi connectivity index (χ0v) is 20.9. The predicted molar refractivity (Wildman–Crippen MR) is 133 cm³/mol. The summed E-state index contributed by atoms with van der Waals surface area (Å²) in [4.78, 5) is 13.2. The fourth-order valence-corrected chi connectivity index (χ4v) is 6.23. The van der Waals surface area contributed by atoms with E-state index < -0.39 is 17.6 Å². The lowest BCUT2D eigenvalue weighted by atomic mass is 9.80. The van der Waals surface area contributed by atoms with Gasteiger partial charge < -0.3 is 19.5 Å². The smallest absolute Gasteiger partial charge is 0.143 e. The molecule has 1 aromatic carbocycles. The minimum absolute atomic E-state index is 0.0463. The SMILES string of the molecule is Cc1ncnc2c1ccn2[C@@H]1C[C@@]2(CO[C@@H](Cc3ccc4cc(Br)c(Cl)nc4c3)C2)[C@@H](O)[C@H]1O. The van der Waals surface area contributed by atoms with Crippen LogP contribution in [0.1, 0.15) is 30.1 Å². The molecule has 0 unspecified atom stereocenters. The van der Waals surface area contributed by atoms with E-state index in [0.29, 0.717) is 31.0 Å². The molecule has 2 aliphatic rings. The Morgan fingerprint density at radius 3 is 2.91 bits per heavy atom. The Hall–Kier alpha value is -2.10. The average molecular weight is 544 g/mol. The van der Waals surface area contributed by atoms with E-state index in [9.17, 15) is 10.2 Å². The maximum absolute atomic E-state index is 11.1. The van der Waals surface area contributed by atoms with Crippen LogP contribution in [-0.4, -0.2) is 54.7 Å². The van der Waals surface area contributed by atoms with Crippen LogP contribution < -0.4 is 0 Å². The second kappa shape index (κ2) is 8.24. The number of hydrogen-bond acceptors (Lipinski definition) is 6. The summed E-state index contributed by atoms with van der Waals surface area (Å²) in [6, 6.07) is 9.82. The van der Waals surface area contributed by atoms with Crippen molar-refractivity contribution in [3.8, 4) is 0 Å². The van der Waals surface area contributed by atoms with E-state index in [2.05, 4.69) is 36.9 Å². The Morgan fingerprint density at radius 2 is 2.06 bits per heavy atom. The summed E-state index contributed by atoms with van der Waals surface area (Å²) in [5, 5.41) is 24.6. The largest absolute Gasteiger partial charge is 0.390 e. The molecule has 2 N–H and O–H groups in total. The van der Waals surface area contributed by atoms with E-state index >= 15 is 0 Å². The lowest BCUT2D eigenvalue weighted by Crippen LogP contribution is -2.37. The molecule has 4 aromatic rings. The number of benzene rings is 1. The molecule has 2 fully saturated rings. The van der Waals surface area contributed by atoms with Gasteiger partial charge in [0.15, 0.2) is 0 Å². The number of aliphatic hydroxyl groups excluding tert-OH is 2. The Bertz CT molecular complexity index is 1410. The topological polar surface area (TPSA) is 93.3 Å². The number of aromatic nitrogens is 4. The lowest BCUT2D eigenvalue weighted by Gasteiger charge is -2.26. The van der Waals surface area contributed by atoms with Crippen molar-refractivity contribution in [3.05, 3.63) is 63.7 Å². The highest BCUT2D eigenvalue weighted by atomic mass is 79.9. The number of nitrogens with zero attached hydrogens (tertiary/aromatic N) is 4. The van der Waals surface area contributed by atoms with E-state index in [0.717, 1.165) is 37.7 Å². The van der Waals surface area contributed by atoms with E-state index in [4.69, 9.17) is 16.3 Å². The molecule has 0 radical (unpaired) electrons. The predicted octanol–water partition coefficient (Wildman–Crippen LogP) is 4.39. The van der Waals surface area contributed by atoms with Crippen LogP contribution in [0.25, 0.3) is 21.9 Å². The van der Waals surface area contributed by atoms with Crippen molar-refractivity contribution in [2.75, 3.05) is 6.61 Å². The highest BCUT2D eigenvalue weighted by molar-refractivity contribution is 9.10. The van der Waals surface area contributed by atoms with Crippen LogP contribution in [0.5, 0.6) is 0 Å². The molecule has 6 rings (SSSR count). The van der Waals surface area contributed by atoms with Crippen molar-refractivity contribution in [1.29, 1.82) is 0 Å². The fraction of sp³-hybridized carbons (Fsp3) is 0.400. The fourth-order valence-electron chi connectivity index (χ4n) is 5.75. The van der Waals surface area contributed by atoms with Gasteiger partial charge in [0.05, 0.1) is 40.5 Å². The molecule has 1 spiro atoms. The quantitative estimate of drug-likeness (QED) is 0.372.